The van der Waals surface area contributed by atoms with E-state index in [4.69, 9.17) is 4.74 Å². The lowest BCUT2D eigenvalue weighted by Gasteiger charge is -2.29. The van der Waals surface area contributed by atoms with Crippen molar-refractivity contribution in [3.8, 4) is 0 Å². The molecule has 0 amide bonds. The van der Waals surface area contributed by atoms with E-state index in [1.807, 2.05) is 0 Å². The Morgan fingerprint density at radius 1 is 1.10 bits per heavy atom. The summed E-state index contributed by atoms with van der Waals surface area (Å²) in [6, 6.07) is 4.03. The van der Waals surface area contributed by atoms with Crippen molar-refractivity contribution >= 4 is 16.7 Å². The number of fused-ring (bicyclic) bond motifs is 1. The molecule has 2 heterocycles. The van der Waals surface area contributed by atoms with Crippen LogP contribution in [0.25, 0.3) is 10.9 Å². The van der Waals surface area contributed by atoms with E-state index < -0.39 is 17.8 Å². The zero-order valence-corrected chi connectivity index (χ0v) is 10.8. The Bertz CT molecular complexity index is 668. The predicted octanol–water partition coefficient (Wildman–Crippen LogP) is 2.62. The molecule has 0 unspecified atom stereocenters. The number of anilines is 1. The van der Waals surface area contributed by atoms with Gasteiger partial charge in [-0.15, -0.1) is 0 Å². The number of para-hydroxylation sites is 1. The van der Waals surface area contributed by atoms with Crippen LogP contribution in [0.5, 0.6) is 0 Å². The number of halogens is 4. The molecule has 2 aromatic rings. The number of hydrogen-bond acceptors (Lipinski definition) is 4. The molecule has 0 spiro atoms. The van der Waals surface area contributed by atoms with Crippen molar-refractivity contribution in [3.05, 3.63) is 29.8 Å². The topological polar surface area (TPSA) is 38.2 Å². The molecule has 8 heteroatoms. The van der Waals surface area contributed by atoms with Gasteiger partial charge in [-0.05, 0) is 12.1 Å². The number of alkyl halides is 3. The molecule has 0 aliphatic carbocycles. The molecule has 1 aliphatic rings. The van der Waals surface area contributed by atoms with Gasteiger partial charge in [-0.3, -0.25) is 0 Å². The van der Waals surface area contributed by atoms with E-state index in [0.29, 0.717) is 26.3 Å². The van der Waals surface area contributed by atoms with Gasteiger partial charge in [0.15, 0.2) is 0 Å². The summed E-state index contributed by atoms with van der Waals surface area (Å²) in [5, 5.41) is 0.268. The number of benzene rings is 1. The maximum absolute atomic E-state index is 13.8. The van der Waals surface area contributed by atoms with Crippen LogP contribution in [0.15, 0.2) is 18.2 Å². The van der Waals surface area contributed by atoms with Crippen LogP contribution in [0.4, 0.5) is 23.4 Å². The zero-order valence-electron chi connectivity index (χ0n) is 10.8. The van der Waals surface area contributed by atoms with Crippen molar-refractivity contribution in [2.75, 3.05) is 31.2 Å². The first-order chi connectivity index (χ1) is 9.97. The second-order valence-corrected chi connectivity index (χ2v) is 4.60. The van der Waals surface area contributed by atoms with Gasteiger partial charge in [0.1, 0.15) is 17.2 Å². The Labute approximate surface area is 117 Å². The normalized spacial score (nSPS) is 16.5. The fourth-order valence-electron chi connectivity index (χ4n) is 2.24. The lowest BCUT2D eigenvalue weighted by atomic mass is 10.2. The van der Waals surface area contributed by atoms with Crippen LogP contribution in [0.2, 0.25) is 0 Å². The third-order valence-corrected chi connectivity index (χ3v) is 3.22. The first kappa shape index (κ1) is 14.0. The van der Waals surface area contributed by atoms with Crippen LogP contribution >= 0.6 is 0 Å². The van der Waals surface area contributed by atoms with Gasteiger partial charge in [0, 0.05) is 18.5 Å². The summed E-state index contributed by atoms with van der Waals surface area (Å²) >= 11 is 0. The molecule has 1 fully saturated rings. The summed E-state index contributed by atoms with van der Waals surface area (Å²) in [5.41, 5.74) is -0.318. The van der Waals surface area contributed by atoms with Gasteiger partial charge in [0.25, 0.3) is 0 Å². The minimum atomic E-state index is -4.72. The van der Waals surface area contributed by atoms with Crippen molar-refractivity contribution in [3.63, 3.8) is 0 Å². The third-order valence-electron chi connectivity index (χ3n) is 3.22. The van der Waals surface area contributed by atoms with Gasteiger partial charge in [0.2, 0.25) is 5.82 Å². The van der Waals surface area contributed by atoms with E-state index in [1.165, 1.54) is 12.1 Å². The average Bonchev–Trinajstić information content (AvgIpc) is 2.47. The highest BCUT2D eigenvalue weighted by Gasteiger charge is 2.36. The summed E-state index contributed by atoms with van der Waals surface area (Å²) in [7, 11) is 0. The van der Waals surface area contributed by atoms with Crippen molar-refractivity contribution < 1.29 is 22.3 Å². The molecule has 1 aliphatic heterocycles. The van der Waals surface area contributed by atoms with Crippen molar-refractivity contribution in [2.45, 2.75) is 6.18 Å². The summed E-state index contributed by atoms with van der Waals surface area (Å²) in [6.07, 6.45) is -4.72. The average molecular weight is 301 g/mol. The molecule has 1 aromatic heterocycles. The molecular formula is C13H11F4N3O. The first-order valence-electron chi connectivity index (χ1n) is 6.33. The maximum atomic E-state index is 13.8. The van der Waals surface area contributed by atoms with Crippen LogP contribution < -0.4 is 4.90 Å². The molecule has 0 radical (unpaired) electrons. The molecule has 0 atom stereocenters. The van der Waals surface area contributed by atoms with Crippen LogP contribution in [0.3, 0.4) is 0 Å². The van der Waals surface area contributed by atoms with E-state index in [1.54, 1.807) is 4.90 Å². The number of aromatic nitrogens is 2. The highest BCUT2D eigenvalue weighted by atomic mass is 19.4. The van der Waals surface area contributed by atoms with Gasteiger partial charge in [-0.25, -0.2) is 14.4 Å². The molecule has 21 heavy (non-hydrogen) atoms. The lowest BCUT2D eigenvalue weighted by molar-refractivity contribution is -0.144. The van der Waals surface area contributed by atoms with Gasteiger partial charge in [-0.1, -0.05) is 6.07 Å². The molecule has 1 aromatic carbocycles. The second-order valence-electron chi connectivity index (χ2n) is 4.60. The molecule has 4 nitrogen and oxygen atoms in total. The van der Waals surface area contributed by atoms with Crippen LogP contribution in [0, 0.1) is 5.82 Å². The fraction of sp³-hybridized carbons (Fsp3) is 0.385. The van der Waals surface area contributed by atoms with Gasteiger partial charge in [0.05, 0.1) is 13.2 Å². The molecule has 0 N–H and O–H groups in total. The molecule has 1 saturated heterocycles. The van der Waals surface area contributed by atoms with E-state index >= 15 is 0 Å². The second kappa shape index (κ2) is 5.10. The van der Waals surface area contributed by atoms with E-state index in [-0.39, 0.29) is 16.7 Å². The predicted molar refractivity (Wildman–Crippen MR) is 67.5 cm³/mol. The minimum Gasteiger partial charge on any atom is -0.378 e. The van der Waals surface area contributed by atoms with Crippen molar-refractivity contribution in [1.29, 1.82) is 0 Å². The van der Waals surface area contributed by atoms with E-state index in [2.05, 4.69) is 9.97 Å². The molecule has 0 saturated carbocycles. The van der Waals surface area contributed by atoms with Crippen molar-refractivity contribution in [1.82, 2.24) is 9.97 Å². The third kappa shape index (κ3) is 2.63. The minimum absolute atomic E-state index is 0.0927. The van der Waals surface area contributed by atoms with Crippen LogP contribution in [-0.2, 0) is 10.9 Å². The monoisotopic (exact) mass is 301 g/mol. The smallest absolute Gasteiger partial charge is 0.378 e. The van der Waals surface area contributed by atoms with Crippen LogP contribution in [-0.4, -0.2) is 36.3 Å². The van der Waals surface area contributed by atoms with Crippen molar-refractivity contribution in [2.24, 2.45) is 0 Å². The Balaban J connectivity index is 2.22. The zero-order chi connectivity index (χ0) is 15.0. The highest BCUT2D eigenvalue weighted by molar-refractivity contribution is 5.90. The Hall–Kier alpha value is -1.96. The summed E-state index contributed by atoms with van der Waals surface area (Å²) in [5.74, 6) is -2.04. The fourth-order valence-corrected chi connectivity index (χ4v) is 2.24. The van der Waals surface area contributed by atoms with E-state index in [9.17, 15) is 17.6 Å². The molecule has 0 bridgehead atoms. The summed E-state index contributed by atoms with van der Waals surface area (Å²) in [6.45, 7) is 1.59. The Kier molecular flexibility index (Phi) is 3.40. The number of hydrogen-bond donors (Lipinski definition) is 0. The largest absolute Gasteiger partial charge is 0.451 e. The van der Waals surface area contributed by atoms with Gasteiger partial charge in [-0.2, -0.15) is 13.2 Å². The summed E-state index contributed by atoms with van der Waals surface area (Å²) < 4.78 is 57.7. The number of rotatable bonds is 1. The quantitative estimate of drug-likeness (QED) is 0.759. The molecular weight excluding hydrogens is 290 g/mol. The Morgan fingerprint density at radius 2 is 1.81 bits per heavy atom. The Morgan fingerprint density at radius 3 is 2.48 bits per heavy atom. The molecule has 112 valence electrons. The van der Waals surface area contributed by atoms with Crippen LogP contribution in [0.1, 0.15) is 5.82 Å². The lowest BCUT2D eigenvalue weighted by Crippen LogP contribution is -2.37. The van der Waals surface area contributed by atoms with Gasteiger partial charge >= 0.3 is 6.18 Å². The number of nitrogens with zero attached hydrogens (tertiary/aromatic N) is 3. The maximum Gasteiger partial charge on any atom is 0.451 e. The summed E-state index contributed by atoms with van der Waals surface area (Å²) in [4.78, 5) is 8.59. The standard InChI is InChI=1S/C13H11F4N3O/c14-9-3-1-2-8-10(9)18-12(13(15,16)17)19-11(8)20-4-6-21-7-5-20/h1-3H,4-7H2. The highest BCUT2D eigenvalue weighted by Crippen LogP contribution is 2.32. The number of morpholine rings is 1. The number of ether oxygens (including phenoxy) is 1. The van der Waals surface area contributed by atoms with Gasteiger partial charge < -0.3 is 9.64 Å². The molecule has 3 rings (SSSR count). The SMILES string of the molecule is Fc1cccc2c(N3CCOCC3)nc(C(F)(F)F)nc12. The first-order valence-corrected chi connectivity index (χ1v) is 6.33. The van der Waals surface area contributed by atoms with E-state index in [0.717, 1.165) is 6.07 Å².